The highest BCUT2D eigenvalue weighted by Crippen LogP contribution is 2.32. The Morgan fingerprint density at radius 2 is 2.00 bits per heavy atom. The number of fused-ring (bicyclic) bond motifs is 2. The van der Waals surface area contributed by atoms with E-state index in [1.54, 1.807) is 6.07 Å². The van der Waals surface area contributed by atoms with Crippen molar-refractivity contribution in [3.8, 4) is 0 Å². The lowest BCUT2D eigenvalue weighted by atomic mass is 9.95. The van der Waals surface area contributed by atoms with Crippen molar-refractivity contribution in [2.24, 2.45) is 0 Å². The maximum atomic E-state index is 13.7. The smallest absolute Gasteiger partial charge is 0.270 e. The summed E-state index contributed by atoms with van der Waals surface area (Å²) in [6.07, 6.45) is 3.50. The van der Waals surface area contributed by atoms with Gasteiger partial charge in [-0.1, -0.05) is 26.0 Å². The lowest BCUT2D eigenvalue weighted by molar-refractivity contribution is 0.0700. The van der Waals surface area contributed by atoms with Crippen molar-refractivity contribution in [3.05, 3.63) is 77.5 Å². The minimum atomic E-state index is -0.270. The summed E-state index contributed by atoms with van der Waals surface area (Å²) < 4.78 is 15.6. The largest absolute Gasteiger partial charge is 0.342 e. The number of carbonyl (C=O) groups excluding carboxylic acids is 1. The molecule has 0 unspecified atom stereocenters. The van der Waals surface area contributed by atoms with Gasteiger partial charge in [-0.15, -0.1) is 6.58 Å². The molecule has 0 saturated carbocycles. The van der Waals surface area contributed by atoms with Gasteiger partial charge in [0, 0.05) is 36.5 Å². The summed E-state index contributed by atoms with van der Waals surface area (Å²) >= 11 is 0. The fraction of sp³-hybridized carbons (Fsp3) is 0.357. The fourth-order valence-corrected chi connectivity index (χ4v) is 5.19. The number of imidazole rings is 1. The number of hydrogen-bond acceptors (Lipinski definition) is 2. The normalized spacial score (nSPS) is 15.0. The number of halogens is 1. The Balaban J connectivity index is 1.40. The zero-order valence-corrected chi connectivity index (χ0v) is 20.1. The molecular formula is C28H31FN4O. The van der Waals surface area contributed by atoms with Gasteiger partial charge in [0.1, 0.15) is 17.3 Å². The second-order valence-corrected chi connectivity index (χ2v) is 9.65. The second-order valence-electron chi connectivity index (χ2n) is 9.65. The van der Waals surface area contributed by atoms with Crippen LogP contribution in [0.2, 0.25) is 0 Å². The zero-order valence-electron chi connectivity index (χ0n) is 20.1. The summed E-state index contributed by atoms with van der Waals surface area (Å²) in [5, 5.41) is 1.14. The molecule has 2 aromatic carbocycles. The lowest BCUT2D eigenvalue weighted by Gasteiger charge is -2.31. The van der Waals surface area contributed by atoms with Crippen LogP contribution in [0.5, 0.6) is 0 Å². The summed E-state index contributed by atoms with van der Waals surface area (Å²) in [5.74, 6) is 1.35. The van der Waals surface area contributed by atoms with Gasteiger partial charge >= 0.3 is 0 Å². The Kier molecular flexibility index (Phi) is 5.76. The van der Waals surface area contributed by atoms with Gasteiger partial charge in [-0.2, -0.15) is 0 Å². The average Bonchev–Trinajstić information content (AvgIpc) is 3.37. The van der Waals surface area contributed by atoms with Crippen LogP contribution in [0.15, 0.2) is 49.1 Å². The third kappa shape index (κ3) is 3.81. The Morgan fingerprint density at radius 3 is 2.71 bits per heavy atom. The SMILES string of the molecule is C=CCn1c(C(=O)N2CCC(c3nc4ccc(F)cc4[nH]3)CC2)c(C)c2cc(C(C)C)ccc21. The van der Waals surface area contributed by atoms with E-state index in [2.05, 4.69) is 60.1 Å². The Hall–Kier alpha value is -3.41. The fourth-order valence-electron chi connectivity index (χ4n) is 5.19. The molecular weight excluding hydrogens is 427 g/mol. The molecule has 1 fully saturated rings. The van der Waals surface area contributed by atoms with Crippen LogP contribution in [0, 0.1) is 12.7 Å². The third-order valence-electron chi connectivity index (χ3n) is 7.15. The molecule has 176 valence electrons. The van der Waals surface area contributed by atoms with Crippen LogP contribution in [0.1, 0.15) is 66.0 Å². The highest BCUT2D eigenvalue weighted by atomic mass is 19.1. The molecule has 4 aromatic rings. The van der Waals surface area contributed by atoms with Crippen molar-refractivity contribution < 1.29 is 9.18 Å². The topological polar surface area (TPSA) is 53.9 Å². The van der Waals surface area contributed by atoms with Crippen molar-refractivity contribution in [1.29, 1.82) is 0 Å². The van der Waals surface area contributed by atoms with E-state index < -0.39 is 0 Å². The third-order valence-corrected chi connectivity index (χ3v) is 7.15. The first-order valence-electron chi connectivity index (χ1n) is 12.1. The standard InChI is InChI=1S/C28H31FN4O/c1-5-12-33-25-9-6-20(17(2)3)15-22(25)18(4)26(33)28(34)32-13-10-19(11-14-32)27-30-23-8-7-21(29)16-24(23)31-27/h5-9,15-17,19H,1,10-14H2,2-4H3,(H,30,31). The van der Waals surface area contributed by atoms with Gasteiger partial charge < -0.3 is 14.5 Å². The number of aryl methyl sites for hydroxylation is 1. The Morgan fingerprint density at radius 1 is 1.24 bits per heavy atom. The van der Waals surface area contributed by atoms with Gasteiger partial charge in [-0.05, 0) is 67.1 Å². The van der Waals surface area contributed by atoms with E-state index in [9.17, 15) is 9.18 Å². The molecule has 0 spiro atoms. The number of amides is 1. The molecule has 1 amide bonds. The number of carbonyl (C=O) groups is 1. The number of benzene rings is 2. The van der Waals surface area contributed by atoms with Crippen LogP contribution >= 0.6 is 0 Å². The number of allylic oxidation sites excluding steroid dienone is 1. The van der Waals surface area contributed by atoms with Crippen molar-refractivity contribution in [2.45, 2.75) is 52.0 Å². The first kappa shape index (κ1) is 22.4. The highest BCUT2D eigenvalue weighted by Gasteiger charge is 2.30. The Bertz CT molecular complexity index is 1390. The van der Waals surface area contributed by atoms with E-state index in [-0.39, 0.29) is 17.6 Å². The molecule has 6 heteroatoms. The number of nitrogens with one attached hydrogen (secondary N) is 1. The molecule has 3 heterocycles. The van der Waals surface area contributed by atoms with Gasteiger partial charge in [0.2, 0.25) is 0 Å². The van der Waals surface area contributed by atoms with Crippen molar-refractivity contribution in [1.82, 2.24) is 19.4 Å². The number of likely N-dealkylation sites (tertiary alicyclic amines) is 1. The van der Waals surface area contributed by atoms with Crippen LogP contribution in [0.4, 0.5) is 4.39 Å². The van der Waals surface area contributed by atoms with E-state index in [1.165, 1.54) is 17.7 Å². The van der Waals surface area contributed by atoms with E-state index in [1.807, 2.05) is 11.0 Å². The summed E-state index contributed by atoms with van der Waals surface area (Å²) in [6.45, 7) is 12.3. The van der Waals surface area contributed by atoms with Crippen LogP contribution < -0.4 is 0 Å². The van der Waals surface area contributed by atoms with Gasteiger partial charge in [-0.25, -0.2) is 9.37 Å². The molecule has 2 aromatic heterocycles. The van der Waals surface area contributed by atoms with Crippen LogP contribution in [0.25, 0.3) is 21.9 Å². The maximum absolute atomic E-state index is 13.7. The number of nitrogens with zero attached hydrogens (tertiary/aromatic N) is 3. The minimum absolute atomic E-state index is 0.0757. The molecule has 0 aliphatic carbocycles. The molecule has 34 heavy (non-hydrogen) atoms. The van der Waals surface area contributed by atoms with E-state index in [4.69, 9.17) is 0 Å². The van der Waals surface area contributed by atoms with E-state index in [0.29, 0.717) is 25.6 Å². The average molecular weight is 459 g/mol. The molecule has 0 bridgehead atoms. The maximum Gasteiger partial charge on any atom is 0.270 e. The highest BCUT2D eigenvalue weighted by molar-refractivity contribution is 6.02. The quantitative estimate of drug-likeness (QED) is 0.357. The minimum Gasteiger partial charge on any atom is -0.342 e. The second kappa shape index (κ2) is 8.75. The number of aromatic amines is 1. The molecule has 1 N–H and O–H groups in total. The van der Waals surface area contributed by atoms with Gasteiger partial charge in [0.25, 0.3) is 5.91 Å². The first-order valence-corrected chi connectivity index (χ1v) is 12.1. The number of hydrogen-bond donors (Lipinski definition) is 1. The summed E-state index contributed by atoms with van der Waals surface area (Å²) in [4.78, 5) is 23.6. The number of aromatic nitrogens is 3. The van der Waals surface area contributed by atoms with Crippen LogP contribution in [0.3, 0.4) is 0 Å². The molecule has 5 nitrogen and oxygen atoms in total. The number of H-pyrrole nitrogens is 1. The predicted octanol–water partition coefficient (Wildman–Crippen LogP) is 6.29. The van der Waals surface area contributed by atoms with Crippen molar-refractivity contribution in [2.75, 3.05) is 13.1 Å². The zero-order chi connectivity index (χ0) is 24.0. The molecule has 1 aliphatic rings. The van der Waals surface area contributed by atoms with E-state index >= 15 is 0 Å². The first-order chi connectivity index (χ1) is 16.4. The van der Waals surface area contributed by atoms with Crippen molar-refractivity contribution in [3.63, 3.8) is 0 Å². The molecule has 0 atom stereocenters. The van der Waals surface area contributed by atoms with Gasteiger partial charge in [-0.3, -0.25) is 4.79 Å². The summed E-state index contributed by atoms with van der Waals surface area (Å²) in [7, 11) is 0. The van der Waals surface area contributed by atoms with Crippen LogP contribution in [-0.4, -0.2) is 38.4 Å². The monoisotopic (exact) mass is 458 g/mol. The van der Waals surface area contributed by atoms with Crippen molar-refractivity contribution >= 4 is 27.8 Å². The van der Waals surface area contributed by atoms with E-state index in [0.717, 1.165) is 51.9 Å². The number of piperidine rings is 1. The van der Waals surface area contributed by atoms with Gasteiger partial charge in [0.15, 0.2) is 0 Å². The molecule has 1 aliphatic heterocycles. The predicted molar refractivity (Wildman–Crippen MR) is 135 cm³/mol. The summed E-state index contributed by atoms with van der Waals surface area (Å²) in [6, 6.07) is 11.1. The number of rotatable bonds is 5. The lowest BCUT2D eigenvalue weighted by Crippen LogP contribution is -2.39. The molecule has 0 radical (unpaired) electrons. The molecule has 5 rings (SSSR count). The summed E-state index contributed by atoms with van der Waals surface area (Å²) in [5.41, 5.74) is 5.64. The van der Waals surface area contributed by atoms with Crippen LogP contribution in [-0.2, 0) is 6.54 Å². The van der Waals surface area contributed by atoms with Gasteiger partial charge in [0.05, 0.1) is 11.0 Å². The molecule has 1 saturated heterocycles. The Labute approximate surface area is 199 Å².